The first-order valence-corrected chi connectivity index (χ1v) is 8.66. The third kappa shape index (κ3) is 5.21. The number of hydrogen-bond donors (Lipinski definition) is 1. The summed E-state index contributed by atoms with van der Waals surface area (Å²) in [7, 11) is 0. The van der Waals surface area contributed by atoms with Gasteiger partial charge in [0.1, 0.15) is 0 Å². The van der Waals surface area contributed by atoms with E-state index in [1.54, 1.807) is 0 Å². The molecular formula is C17H31NO4. The minimum atomic E-state index is -0.331. The van der Waals surface area contributed by atoms with Gasteiger partial charge in [0.25, 0.3) is 0 Å². The van der Waals surface area contributed by atoms with Crippen LogP contribution in [0.25, 0.3) is 0 Å². The zero-order valence-electron chi connectivity index (χ0n) is 14.0. The molecule has 5 nitrogen and oxygen atoms in total. The number of ether oxygens (including phenoxy) is 3. The molecule has 2 N–H and O–H groups in total. The molecule has 1 atom stereocenters. The van der Waals surface area contributed by atoms with Crippen LogP contribution in [-0.2, 0) is 19.0 Å². The summed E-state index contributed by atoms with van der Waals surface area (Å²) in [5, 5.41) is 0. The second-order valence-electron chi connectivity index (χ2n) is 7.17. The van der Waals surface area contributed by atoms with Crippen molar-refractivity contribution in [3.8, 4) is 0 Å². The molecule has 0 aromatic rings. The molecule has 1 saturated carbocycles. The van der Waals surface area contributed by atoms with E-state index in [1.165, 1.54) is 0 Å². The van der Waals surface area contributed by atoms with Crippen LogP contribution in [0.4, 0.5) is 0 Å². The van der Waals surface area contributed by atoms with Gasteiger partial charge in [-0.25, -0.2) is 0 Å². The predicted octanol–water partition coefficient (Wildman–Crippen LogP) is 2.47. The van der Waals surface area contributed by atoms with Crippen LogP contribution in [0.3, 0.4) is 0 Å². The maximum Gasteiger partial charge on any atom is 0.306 e. The second kappa shape index (κ2) is 8.27. The van der Waals surface area contributed by atoms with E-state index in [0.29, 0.717) is 44.6 Å². The smallest absolute Gasteiger partial charge is 0.306 e. The van der Waals surface area contributed by atoms with Gasteiger partial charge >= 0.3 is 5.97 Å². The van der Waals surface area contributed by atoms with Gasteiger partial charge < -0.3 is 19.9 Å². The van der Waals surface area contributed by atoms with Gasteiger partial charge in [0.2, 0.25) is 0 Å². The summed E-state index contributed by atoms with van der Waals surface area (Å²) < 4.78 is 16.9. The van der Waals surface area contributed by atoms with Crippen LogP contribution in [-0.4, -0.2) is 38.1 Å². The van der Waals surface area contributed by atoms with Crippen LogP contribution in [0.15, 0.2) is 0 Å². The van der Waals surface area contributed by atoms with Crippen LogP contribution in [0.1, 0.15) is 52.4 Å². The van der Waals surface area contributed by atoms with Gasteiger partial charge in [-0.1, -0.05) is 13.8 Å². The van der Waals surface area contributed by atoms with E-state index in [1.807, 2.05) is 0 Å². The molecule has 1 spiro atoms. The highest BCUT2D eigenvalue weighted by Crippen LogP contribution is 2.38. The molecule has 1 saturated heterocycles. The molecule has 0 bridgehead atoms. The molecule has 1 heterocycles. The van der Waals surface area contributed by atoms with Crippen LogP contribution in [0.2, 0.25) is 0 Å². The SMILES string of the molecule is CC(C)C[C@H](CN)CC(=O)OCC1CCC2(CC1)OCCO2. The lowest BCUT2D eigenvalue weighted by atomic mass is 9.85. The zero-order valence-corrected chi connectivity index (χ0v) is 14.0. The van der Waals surface area contributed by atoms with Crippen molar-refractivity contribution in [1.29, 1.82) is 0 Å². The first kappa shape index (κ1) is 17.7. The van der Waals surface area contributed by atoms with Crippen molar-refractivity contribution in [2.24, 2.45) is 23.5 Å². The normalized spacial score (nSPS) is 23.1. The van der Waals surface area contributed by atoms with Crippen molar-refractivity contribution in [3.05, 3.63) is 0 Å². The van der Waals surface area contributed by atoms with E-state index < -0.39 is 0 Å². The lowest BCUT2D eigenvalue weighted by Crippen LogP contribution is -2.36. The number of hydrogen-bond acceptors (Lipinski definition) is 5. The third-order valence-corrected chi connectivity index (χ3v) is 4.75. The van der Waals surface area contributed by atoms with Crippen LogP contribution >= 0.6 is 0 Å². The lowest BCUT2D eigenvalue weighted by Gasteiger charge is -2.35. The van der Waals surface area contributed by atoms with Gasteiger partial charge in [-0.05, 0) is 43.6 Å². The number of rotatable bonds is 7. The molecular weight excluding hydrogens is 282 g/mol. The second-order valence-corrected chi connectivity index (χ2v) is 7.17. The van der Waals surface area contributed by atoms with Crippen molar-refractivity contribution in [3.63, 3.8) is 0 Å². The molecule has 22 heavy (non-hydrogen) atoms. The topological polar surface area (TPSA) is 70.8 Å². The molecule has 0 unspecified atom stereocenters. The molecule has 2 rings (SSSR count). The van der Waals surface area contributed by atoms with Gasteiger partial charge in [0.05, 0.1) is 19.8 Å². The molecule has 0 radical (unpaired) electrons. The lowest BCUT2D eigenvalue weighted by molar-refractivity contribution is -0.185. The summed E-state index contributed by atoms with van der Waals surface area (Å²) in [6.07, 6.45) is 5.24. The number of carbonyl (C=O) groups is 1. The number of nitrogens with two attached hydrogens (primary N) is 1. The molecule has 0 aromatic heterocycles. The molecule has 0 aromatic carbocycles. The van der Waals surface area contributed by atoms with Crippen LogP contribution in [0, 0.1) is 17.8 Å². The van der Waals surface area contributed by atoms with Crippen molar-refractivity contribution in [2.75, 3.05) is 26.4 Å². The van der Waals surface area contributed by atoms with Gasteiger partial charge in [-0.15, -0.1) is 0 Å². The zero-order chi connectivity index (χ0) is 16.0. The van der Waals surface area contributed by atoms with E-state index in [4.69, 9.17) is 19.9 Å². The Labute approximate surface area is 133 Å². The fourth-order valence-corrected chi connectivity index (χ4v) is 3.50. The predicted molar refractivity (Wildman–Crippen MR) is 84.2 cm³/mol. The third-order valence-electron chi connectivity index (χ3n) is 4.75. The fraction of sp³-hybridized carbons (Fsp3) is 0.941. The Morgan fingerprint density at radius 2 is 1.91 bits per heavy atom. The minimum absolute atomic E-state index is 0.107. The molecule has 2 aliphatic rings. The highest BCUT2D eigenvalue weighted by Gasteiger charge is 2.40. The maximum absolute atomic E-state index is 12.0. The van der Waals surface area contributed by atoms with Crippen LogP contribution < -0.4 is 5.73 Å². The van der Waals surface area contributed by atoms with Gasteiger partial charge in [0, 0.05) is 19.3 Å². The molecule has 0 amide bonds. The average molecular weight is 313 g/mol. The Hall–Kier alpha value is -0.650. The Balaban J connectivity index is 1.64. The Morgan fingerprint density at radius 3 is 2.45 bits per heavy atom. The first-order chi connectivity index (χ1) is 10.5. The van der Waals surface area contributed by atoms with E-state index >= 15 is 0 Å². The van der Waals surface area contributed by atoms with Crippen molar-refractivity contribution in [1.82, 2.24) is 0 Å². The summed E-state index contributed by atoms with van der Waals surface area (Å²) in [5.41, 5.74) is 5.74. The van der Waals surface area contributed by atoms with E-state index in [9.17, 15) is 4.79 Å². The summed E-state index contributed by atoms with van der Waals surface area (Å²) in [5.74, 6) is 0.792. The molecule has 128 valence electrons. The van der Waals surface area contributed by atoms with Gasteiger partial charge in [0.15, 0.2) is 5.79 Å². The summed E-state index contributed by atoms with van der Waals surface area (Å²) in [4.78, 5) is 12.0. The van der Waals surface area contributed by atoms with E-state index in [-0.39, 0.29) is 17.7 Å². The Kier molecular flexibility index (Phi) is 6.66. The maximum atomic E-state index is 12.0. The quantitative estimate of drug-likeness (QED) is 0.731. The van der Waals surface area contributed by atoms with Crippen molar-refractivity contribution < 1.29 is 19.0 Å². The van der Waals surface area contributed by atoms with Crippen LogP contribution in [0.5, 0.6) is 0 Å². The summed E-state index contributed by atoms with van der Waals surface area (Å²) in [6.45, 7) is 6.78. The minimum Gasteiger partial charge on any atom is -0.465 e. The average Bonchev–Trinajstić information content (AvgIpc) is 2.94. The highest BCUT2D eigenvalue weighted by atomic mass is 16.7. The fourth-order valence-electron chi connectivity index (χ4n) is 3.50. The molecule has 1 aliphatic carbocycles. The number of carbonyl (C=O) groups excluding carboxylic acids is 1. The Bertz CT molecular complexity index is 343. The molecule has 2 fully saturated rings. The van der Waals surface area contributed by atoms with Crippen molar-refractivity contribution >= 4 is 5.97 Å². The van der Waals surface area contributed by atoms with Crippen molar-refractivity contribution in [2.45, 2.75) is 58.2 Å². The summed E-state index contributed by atoms with van der Waals surface area (Å²) in [6, 6.07) is 0. The monoisotopic (exact) mass is 313 g/mol. The van der Waals surface area contributed by atoms with E-state index in [2.05, 4.69) is 13.8 Å². The number of esters is 1. The molecule has 1 aliphatic heterocycles. The highest BCUT2D eigenvalue weighted by molar-refractivity contribution is 5.69. The van der Waals surface area contributed by atoms with Gasteiger partial charge in [-0.3, -0.25) is 4.79 Å². The Morgan fingerprint density at radius 1 is 1.27 bits per heavy atom. The largest absolute Gasteiger partial charge is 0.465 e. The van der Waals surface area contributed by atoms with E-state index in [0.717, 1.165) is 32.1 Å². The summed E-state index contributed by atoms with van der Waals surface area (Å²) >= 11 is 0. The van der Waals surface area contributed by atoms with Gasteiger partial charge in [-0.2, -0.15) is 0 Å². The molecule has 5 heteroatoms. The first-order valence-electron chi connectivity index (χ1n) is 8.66. The standard InChI is InChI=1S/C17H31NO4/c1-13(2)9-15(11-18)10-16(19)20-12-14-3-5-17(6-4-14)21-7-8-22-17/h13-15H,3-12,18H2,1-2H3/t15-/m0/s1.